The summed E-state index contributed by atoms with van der Waals surface area (Å²) in [7, 11) is 1.80. The van der Waals surface area contributed by atoms with Gasteiger partial charge in [-0.25, -0.2) is 24.9 Å². The van der Waals surface area contributed by atoms with Gasteiger partial charge in [0.25, 0.3) is 0 Å². The van der Waals surface area contributed by atoms with Gasteiger partial charge in [0.2, 0.25) is 0 Å². The molecule has 0 aliphatic heterocycles. The second kappa shape index (κ2) is 7.97. The summed E-state index contributed by atoms with van der Waals surface area (Å²) in [5.41, 5.74) is 4.82. The van der Waals surface area contributed by atoms with Crippen LogP contribution in [0.15, 0.2) is 61.5 Å². The summed E-state index contributed by atoms with van der Waals surface area (Å²) < 4.78 is 1.98. The molecule has 0 saturated carbocycles. The van der Waals surface area contributed by atoms with Gasteiger partial charge in [-0.15, -0.1) is 0 Å². The Bertz CT molecular complexity index is 1190. The van der Waals surface area contributed by atoms with Crippen LogP contribution in [0.2, 0.25) is 0 Å². The van der Waals surface area contributed by atoms with Crippen LogP contribution in [-0.2, 0) is 6.54 Å². The Labute approximate surface area is 167 Å². The number of hydrogen-bond acceptors (Lipinski definition) is 7. The molecule has 3 aromatic heterocycles. The van der Waals surface area contributed by atoms with Crippen LogP contribution in [-0.4, -0.2) is 42.2 Å². The lowest BCUT2D eigenvalue weighted by Crippen LogP contribution is -2.01. The fourth-order valence-electron chi connectivity index (χ4n) is 3.00. The molecular weight excluding hydrogens is 364 g/mol. The van der Waals surface area contributed by atoms with Crippen LogP contribution < -0.4 is 5.32 Å². The van der Waals surface area contributed by atoms with Crippen molar-refractivity contribution in [1.29, 1.82) is 5.41 Å². The van der Waals surface area contributed by atoms with Crippen molar-refractivity contribution in [2.75, 3.05) is 7.05 Å². The smallest absolute Gasteiger partial charge is 0.164 e. The van der Waals surface area contributed by atoms with Gasteiger partial charge in [-0.2, -0.15) is 0 Å². The van der Waals surface area contributed by atoms with Crippen LogP contribution in [0.1, 0.15) is 12.5 Å². The van der Waals surface area contributed by atoms with Gasteiger partial charge < -0.3 is 15.3 Å². The number of nitrogens with one attached hydrogen (secondary N) is 2. The standard InChI is InChI=1S/C21H20N8/c1-3-29-13-26-19-18(17-8-10-24-12-25-17)27-20(28-21(19)29)15-6-4-5-14(11-15)16(22)7-9-23-2/h4-13,22-23H,3H2,1-2H3/b9-7-,22-16?. The normalized spacial score (nSPS) is 11.2. The zero-order valence-electron chi connectivity index (χ0n) is 16.2. The van der Waals surface area contributed by atoms with E-state index in [1.165, 1.54) is 6.33 Å². The van der Waals surface area contributed by atoms with E-state index >= 15 is 0 Å². The maximum atomic E-state index is 8.24. The van der Waals surface area contributed by atoms with Crippen molar-refractivity contribution in [3.05, 3.63) is 67.0 Å². The lowest BCUT2D eigenvalue weighted by atomic mass is 10.1. The number of hydrogen-bond donors (Lipinski definition) is 2. The number of fused-ring (bicyclic) bond motifs is 1. The minimum absolute atomic E-state index is 0.400. The molecule has 3 heterocycles. The fraction of sp³-hybridized carbons (Fsp3) is 0.143. The van der Waals surface area contributed by atoms with Crippen LogP contribution in [0.5, 0.6) is 0 Å². The molecule has 0 saturated heterocycles. The molecule has 144 valence electrons. The van der Waals surface area contributed by atoms with Gasteiger partial charge >= 0.3 is 0 Å². The number of benzene rings is 1. The molecule has 1 aromatic carbocycles. The van der Waals surface area contributed by atoms with Crippen LogP contribution >= 0.6 is 0 Å². The predicted octanol–water partition coefficient (Wildman–Crippen LogP) is 3.07. The SMILES string of the molecule is CCn1cnc2c(-c3ccncn3)nc(-c3cccc(C(=N)/C=C\NC)c3)nc21. The number of rotatable bonds is 6. The van der Waals surface area contributed by atoms with E-state index in [0.29, 0.717) is 28.4 Å². The maximum Gasteiger partial charge on any atom is 0.164 e. The zero-order valence-corrected chi connectivity index (χ0v) is 16.2. The van der Waals surface area contributed by atoms with Crippen LogP contribution in [0.25, 0.3) is 33.9 Å². The lowest BCUT2D eigenvalue weighted by molar-refractivity contribution is 0.777. The van der Waals surface area contributed by atoms with Gasteiger partial charge in [-0.05, 0) is 31.3 Å². The third-order valence-electron chi connectivity index (χ3n) is 4.48. The molecular formula is C21H20N8. The predicted molar refractivity (Wildman–Crippen MR) is 112 cm³/mol. The van der Waals surface area contributed by atoms with Gasteiger partial charge in [0.1, 0.15) is 17.5 Å². The minimum Gasteiger partial charge on any atom is -0.394 e. The average Bonchev–Trinajstić information content (AvgIpc) is 3.20. The molecule has 2 N–H and O–H groups in total. The Kier molecular flexibility index (Phi) is 5.07. The lowest BCUT2D eigenvalue weighted by Gasteiger charge is -2.08. The third kappa shape index (κ3) is 3.60. The van der Waals surface area contributed by atoms with Crippen molar-refractivity contribution in [3.63, 3.8) is 0 Å². The highest BCUT2D eigenvalue weighted by atomic mass is 15.1. The Balaban J connectivity index is 1.89. The van der Waals surface area contributed by atoms with Gasteiger partial charge in [-0.3, -0.25) is 0 Å². The molecule has 0 fully saturated rings. The topological polar surface area (TPSA) is 105 Å². The van der Waals surface area contributed by atoms with E-state index in [4.69, 9.17) is 15.4 Å². The highest BCUT2D eigenvalue weighted by molar-refractivity contribution is 6.07. The van der Waals surface area contributed by atoms with Crippen molar-refractivity contribution in [1.82, 2.24) is 34.8 Å². The molecule has 0 spiro atoms. The van der Waals surface area contributed by atoms with Crippen molar-refractivity contribution in [2.24, 2.45) is 0 Å². The molecule has 8 nitrogen and oxygen atoms in total. The minimum atomic E-state index is 0.400. The van der Waals surface area contributed by atoms with Crippen LogP contribution in [0, 0.1) is 5.41 Å². The average molecular weight is 384 g/mol. The molecule has 0 bridgehead atoms. The Morgan fingerprint density at radius 2 is 2.10 bits per heavy atom. The monoisotopic (exact) mass is 384 g/mol. The first kappa shape index (κ1) is 18.4. The summed E-state index contributed by atoms with van der Waals surface area (Å²) in [6.07, 6.45) is 8.38. The highest BCUT2D eigenvalue weighted by Crippen LogP contribution is 2.27. The summed E-state index contributed by atoms with van der Waals surface area (Å²) in [4.78, 5) is 22.4. The van der Waals surface area contributed by atoms with E-state index in [2.05, 4.69) is 20.3 Å². The third-order valence-corrected chi connectivity index (χ3v) is 4.48. The largest absolute Gasteiger partial charge is 0.394 e. The molecule has 8 heteroatoms. The number of aryl methyl sites for hydroxylation is 1. The van der Waals surface area contributed by atoms with E-state index in [1.807, 2.05) is 41.8 Å². The summed E-state index contributed by atoms with van der Waals surface area (Å²) in [6, 6.07) is 9.47. The molecule has 0 aliphatic carbocycles. The molecule has 29 heavy (non-hydrogen) atoms. The quantitative estimate of drug-likeness (QED) is 0.495. The van der Waals surface area contributed by atoms with E-state index < -0.39 is 0 Å². The van der Waals surface area contributed by atoms with Gasteiger partial charge in [0.05, 0.1) is 17.7 Å². The van der Waals surface area contributed by atoms with Gasteiger partial charge in [-0.1, -0.05) is 18.2 Å². The van der Waals surface area contributed by atoms with Crippen molar-refractivity contribution in [3.8, 4) is 22.8 Å². The van der Waals surface area contributed by atoms with E-state index in [9.17, 15) is 0 Å². The molecule has 4 aromatic rings. The summed E-state index contributed by atoms with van der Waals surface area (Å²) >= 11 is 0. The molecule has 0 unspecified atom stereocenters. The van der Waals surface area contributed by atoms with Crippen molar-refractivity contribution in [2.45, 2.75) is 13.5 Å². The second-order valence-corrected chi connectivity index (χ2v) is 6.31. The fourth-order valence-corrected chi connectivity index (χ4v) is 3.00. The van der Waals surface area contributed by atoms with Crippen LogP contribution in [0.3, 0.4) is 0 Å². The maximum absolute atomic E-state index is 8.24. The number of aromatic nitrogens is 6. The van der Waals surface area contributed by atoms with Gasteiger partial charge in [0.15, 0.2) is 11.5 Å². The Hall–Kier alpha value is -3.94. The first-order valence-electron chi connectivity index (χ1n) is 9.23. The summed E-state index contributed by atoms with van der Waals surface area (Å²) in [5.74, 6) is 0.563. The second-order valence-electron chi connectivity index (χ2n) is 6.31. The number of nitrogens with zero attached hydrogens (tertiary/aromatic N) is 6. The molecule has 0 amide bonds. The molecule has 0 atom stereocenters. The molecule has 0 radical (unpaired) electrons. The first-order chi connectivity index (χ1) is 14.2. The Morgan fingerprint density at radius 1 is 1.21 bits per heavy atom. The van der Waals surface area contributed by atoms with Crippen LogP contribution in [0.4, 0.5) is 0 Å². The first-order valence-corrected chi connectivity index (χ1v) is 9.23. The van der Waals surface area contributed by atoms with E-state index in [-0.39, 0.29) is 0 Å². The number of imidazole rings is 1. The highest BCUT2D eigenvalue weighted by Gasteiger charge is 2.16. The number of allylic oxidation sites excluding steroid dienone is 1. The van der Waals surface area contributed by atoms with E-state index in [1.54, 1.807) is 31.8 Å². The Morgan fingerprint density at radius 3 is 2.86 bits per heavy atom. The summed E-state index contributed by atoms with van der Waals surface area (Å²) in [6.45, 7) is 2.79. The van der Waals surface area contributed by atoms with Gasteiger partial charge in [0, 0.05) is 30.9 Å². The van der Waals surface area contributed by atoms with Crippen molar-refractivity contribution < 1.29 is 0 Å². The van der Waals surface area contributed by atoms with E-state index in [0.717, 1.165) is 23.3 Å². The molecule has 4 rings (SSSR count). The zero-order chi connectivity index (χ0) is 20.2. The van der Waals surface area contributed by atoms with Crippen molar-refractivity contribution >= 4 is 16.9 Å². The molecule has 0 aliphatic rings. The summed E-state index contributed by atoms with van der Waals surface area (Å²) in [5, 5.41) is 11.1.